The largest absolute Gasteiger partial charge is 0.494 e. The Bertz CT molecular complexity index is 729. The number of ether oxygens (including phenoxy) is 1. The molecule has 0 radical (unpaired) electrons. The van der Waals surface area contributed by atoms with Gasteiger partial charge in [0.15, 0.2) is 0 Å². The maximum absolute atomic E-state index is 5.37. The van der Waals surface area contributed by atoms with E-state index < -0.39 is 0 Å². The summed E-state index contributed by atoms with van der Waals surface area (Å²) in [5.74, 6) is 0.722. The smallest absolute Gasteiger partial charge is 0.144 e. The highest BCUT2D eigenvalue weighted by atomic mass is 16.5. The van der Waals surface area contributed by atoms with Crippen LogP contribution in [0.15, 0.2) is 78.2 Å². The first-order valence-electron chi connectivity index (χ1n) is 6.92. The number of aliphatic imine (C=N–C) groups is 1. The zero-order valence-electron chi connectivity index (χ0n) is 12.2. The Morgan fingerprint density at radius 3 is 2.45 bits per heavy atom. The summed E-state index contributed by atoms with van der Waals surface area (Å²) in [5, 5.41) is 0. The predicted molar refractivity (Wildman–Crippen MR) is 86.8 cm³/mol. The van der Waals surface area contributed by atoms with E-state index in [1.807, 2.05) is 54.6 Å². The van der Waals surface area contributed by atoms with Gasteiger partial charge in [-0.3, -0.25) is 9.97 Å². The fourth-order valence-corrected chi connectivity index (χ4v) is 2.13. The SMILES string of the molecule is COc1ccccc1N=C(c1ccccc1)c1cnccn1. The molecule has 0 atom stereocenters. The van der Waals surface area contributed by atoms with Gasteiger partial charge in [-0.05, 0) is 12.1 Å². The molecule has 1 aromatic heterocycles. The van der Waals surface area contributed by atoms with E-state index in [4.69, 9.17) is 9.73 Å². The second-order valence-electron chi connectivity index (χ2n) is 4.59. The third kappa shape index (κ3) is 3.01. The van der Waals surface area contributed by atoms with Crippen molar-refractivity contribution in [2.45, 2.75) is 0 Å². The van der Waals surface area contributed by atoms with Crippen LogP contribution in [-0.2, 0) is 0 Å². The molecule has 4 heteroatoms. The topological polar surface area (TPSA) is 47.4 Å². The number of aromatic nitrogens is 2. The molecule has 22 heavy (non-hydrogen) atoms. The number of hydrogen-bond donors (Lipinski definition) is 0. The standard InChI is InChI=1S/C18H15N3O/c1-22-17-10-6-5-9-15(17)21-18(14-7-3-2-4-8-14)16-13-19-11-12-20-16/h2-13H,1H3. The van der Waals surface area contributed by atoms with Gasteiger partial charge in [-0.15, -0.1) is 0 Å². The lowest BCUT2D eigenvalue weighted by Crippen LogP contribution is -2.06. The highest BCUT2D eigenvalue weighted by Crippen LogP contribution is 2.28. The Morgan fingerprint density at radius 2 is 1.73 bits per heavy atom. The van der Waals surface area contributed by atoms with Crippen LogP contribution in [0.4, 0.5) is 5.69 Å². The van der Waals surface area contributed by atoms with Gasteiger partial charge in [-0.2, -0.15) is 0 Å². The molecule has 0 saturated carbocycles. The van der Waals surface area contributed by atoms with E-state index in [1.54, 1.807) is 25.7 Å². The molecule has 4 nitrogen and oxygen atoms in total. The van der Waals surface area contributed by atoms with Crippen LogP contribution in [0.1, 0.15) is 11.3 Å². The van der Waals surface area contributed by atoms with Crippen molar-refractivity contribution < 1.29 is 4.74 Å². The highest BCUT2D eigenvalue weighted by Gasteiger charge is 2.10. The van der Waals surface area contributed by atoms with Crippen LogP contribution in [0.5, 0.6) is 5.75 Å². The zero-order chi connectivity index (χ0) is 15.2. The average molecular weight is 289 g/mol. The summed E-state index contributed by atoms with van der Waals surface area (Å²) in [4.78, 5) is 13.3. The van der Waals surface area contributed by atoms with Crippen LogP contribution in [-0.4, -0.2) is 22.8 Å². The van der Waals surface area contributed by atoms with Crippen molar-refractivity contribution in [3.05, 3.63) is 84.4 Å². The van der Waals surface area contributed by atoms with Crippen molar-refractivity contribution >= 4 is 11.4 Å². The quantitative estimate of drug-likeness (QED) is 0.689. The molecule has 2 aromatic carbocycles. The normalized spacial score (nSPS) is 11.2. The average Bonchev–Trinajstić information content (AvgIpc) is 2.61. The van der Waals surface area contributed by atoms with Gasteiger partial charge in [-0.1, -0.05) is 42.5 Å². The number of hydrogen-bond acceptors (Lipinski definition) is 4. The van der Waals surface area contributed by atoms with E-state index in [2.05, 4.69) is 9.97 Å². The number of nitrogens with zero attached hydrogens (tertiary/aromatic N) is 3. The van der Waals surface area contributed by atoms with Crippen molar-refractivity contribution in [2.24, 2.45) is 4.99 Å². The number of benzene rings is 2. The lowest BCUT2D eigenvalue weighted by Gasteiger charge is -2.08. The molecule has 0 amide bonds. The minimum absolute atomic E-state index is 0.722. The monoisotopic (exact) mass is 289 g/mol. The Balaban J connectivity index is 2.16. The third-order valence-electron chi connectivity index (χ3n) is 3.17. The summed E-state index contributed by atoms with van der Waals surface area (Å²) in [6, 6.07) is 17.6. The fourth-order valence-electron chi connectivity index (χ4n) is 2.13. The third-order valence-corrected chi connectivity index (χ3v) is 3.17. The van der Waals surface area contributed by atoms with Crippen molar-refractivity contribution in [3.63, 3.8) is 0 Å². The van der Waals surface area contributed by atoms with Gasteiger partial charge in [0.05, 0.1) is 19.0 Å². The molecule has 0 bridgehead atoms. The van der Waals surface area contributed by atoms with Gasteiger partial charge in [0, 0.05) is 18.0 Å². The fraction of sp³-hybridized carbons (Fsp3) is 0.0556. The predicted octanol–water partition coefficient (Wildman–Crippen LogP) is 3.65. The molecule has 0 saturated heterocycles. The van der Waals surface area contributed by atoms with Crippen LogP contribution in [0.2, 0.25) is 0 Å². The second kappa shape index (κ2) is 6.63. The summed E-state index contributed by atoms with van der Waals surface area (Å²) < 4.78 is 5.37. The van der Waals surface area contributed by atoms with Crippen LogP contribution in [0.25, 0.3) is 0 Å². The number of para-hydroxylation sites is 2. The van der Waals surface area contributed by atoms with Gasteiger partial charge in [-0.25, -0.2) is 4.99 Å². The van der Waals surface area contributed by atoms with Gasteiger partial charge in [0.2, 0.25) is 0 Å². The van der Waals surface area contributed by atoms with E-state index in [-0.39, 0.29) is 0 Å². The Morgan fingerprint density at radius 1 is 0.955 bits per heavy atom. The summed E-state index contributed by atoms with van der Waals surface area (Å²) in [6.45, 7) is 0. The Hall–Kier alpha value is -3.01. The van der Waals surface area contributed by atoms with E-state index in [0.29, 0.717) is 0 Å². The van der Waals surface area contributed by atoms with Gasteiger partial charge in [0.25, 0.3) is 0 Å². The molecule has 0 unspecified atom stereocenters. The van der Waals surface area contributed by atoms with Gasteiger partial charge < -0.3 is 4.74 Å². The maximum Gasteiger partial charge on any atom is 0.144 e. The summed E-state index contributed by atoms with van der Waals surface area (Å²) in [6.07, 6.45) is 5.02. The van der Waals surface area contributed by atoms with E-state index in [1.165, 1.54) is 0 Å². The summed E-state index contributed by atoms with van der Waals surface area (Å²) >= 11 is 0. The maximum atomic E-state index is 5.37. The lowest BCUT2D eigenvalue weighted by molar-refractivity contribution is 0.416. The van der Waals surface area contributed by atoms with Crippen molar-refractivity contribution in [1.82, 2.24) is 9.97 Å². The Kier molecular flexibility index (Phi) is 4.20. The molecular weight excluding hydrogens is 274 g/mol. The van der Waals surface area contributed by atoms with Gasteiger partial charge in [0.1, 0.15) is 17.1 Å². The number of rotatable bonds is 4. The van der Waals surface area contributed by atoms with Crippen LogP contribution >= 0.6 is 0 Å². The molecule has 0 spiro atoms. The van der Waals surface area contributed by atoms with E-state index in [9.17, 15) is 0 Å². The molecule has 0 N–H and O–H groups in total. The second-order valence-corrected chi connectivity index (χ2v) is 4.59. The van der Waals surface area contributed by atoms with Crippen molar-refractivity contribution in [1.29, 1.82) is 0 Å². The van der Waals surface area contributed by atoms with Crippen molar-refractivity contribution in [2.75, 3.05) is 7.11 Å². The van der Waals surface area contributed by atoms with Gasteiger partial charge >= 0.3 is 0 Å². The highest BCUT2D eigenvalue weighted by molar-refractivity contribution is 6.12. The lowest BCUT2D eigenvalue weighted by atomic mass is 10.1. The molecule has 108 valence electrons. The van der Waals surface area contributed by atoms with Crippen LogP contribution < -0.4 is 4.74 Å². The molecule has 0 aliphatic carbocycles. The molecular formula is C18H15N3O. The molecule has 0 aliphatic rings. The summed E-state index contributed by atoms with van der Waals surface area (Å²) in [7, 11) is 1.64. The van der Waals surface area contributed by atoms with E-state index in [0.717, 1.165) is 28.4 Å². The minimum Gasteiger partial charge on any atom is -0.494 e. The molecule has 0 aliphatic heterocycles. The molecule has 0 fully saturated rings. The molecule has 1 heterocycles. The molecule has 3 aromatic rings. The first kappa shape index (κ1) is 13.9. The Labute approximate surface area is 129 Å². The first-order valence-corrected chi connectivity index (χ1v) is 6.92. The summed E-state index contributed by atoms with van der Waals surface area (Å²) in [5.41, 5.74) is 3.22. The van der Waals surface area contributed by atoms with Crippen LogP contribution in [0, 0.1) is 0 Å². The zero-order valence-corrected chi connectivity index (χ0v) is 12.2. The van der Waals surface area contributed by atoms with Crippen molar-refractivity contribution in [3.8, 4) is 5.75 Å². The first-order chi connectivity index (χ1) is 10.9. The number of methoxy groups -OCH3 is 1. The van der Waals surface area contributed by atoms with E-state index >= 15 is 0 Å². The minimum atomic E-state index is 0.722. The molecule has 3 rings (SSSR count). The van der Waals surface area contributed by atoms with Crippen LogP contribution in [0.3, 0.4) is 0 Å².